The van der Waals surface area contributed by atoms with E-state index in [1.54, 1.807) is 12.1 Å². The Bertz CT molecular complexity index is 356. The van der Waals surface area contributed by atoms with Gasteiger partial charge in [0.05, 0.1) is 0 Å². The molecule has 2 rings (SSSR count). The van der Waals surface area contributed by atoms with Crippen molar-refractivity contribution >= 4 is 0 Å². The smallest absolute Gasteiger partial charge is 0.123 e. The van der Waals surface area contributed by atoms with Crippen molar-refractivity contribution in [3.63, 3.8) is 0 Å². The second kappa shape index (κ2) is 4.96. The summed E-state index contributed by atoms with van der Waals surface area (Å²) in [5, 5.41) is 3.36. The predicted molar refractivity (Wildman–Crippen MR) is 64.9 cm³/mol. The largest absolute Gasteiger partial charge is 0.313 e. The van der Waals surface area contributed by atoms with Crippen LogP contribution in [-0.4, -0.2) is 7.05 Å². The molecule has 1 saturated carbocycles. The number of nitrogens with one attached hydrogen (secondary N) is 1. The van der Waals surface area contributed by atoms with Gasteiger partial charge in [0.1, 0.15) is 5.82 Å². The third-order valence-electron chi connectivity index (χ3n) is 3.76. The summed E-state index contributed by atoms with van der Waals surface area (Å²) < 4.78 is 13.3. The van der Waals surface area contributed by atoms with Crippen molar-refractivity contribution in [3.8, 4) is 0 Å². The fraction of sp³-hybridized carbons (Fsp3) is 0.571. The first-order chi connectivity index (χ1) is 7.72. The molecule has 1 aliphatic carbocycles. The average Bonchev–Trinajstić information content (AvgIpc) is 2.78. The maximum atomic E-state index is 13.3. The molecule has 1 fully saturated rings. The number of hydrogen-bond acceptors (Lipinski definition) is 1. The molecule has 0 bridgehead atoms. The molecule has 1 unspecified atom stereocenters. The Morgan fingerprint density at radius 1 is 1.31 bits per heavy atom. The molecule has 1 aliphatic rings. The van der Waals surface area contributed by atoms with Gasteiger partial charge in [-0.05, 0) is 56.0 Å². The topological polar surface area (TPSA) is 12.0 Å². The summed E-state index contributed by atoms with van der Waals surface area (Å²) in [6.07, 6.45) is 5.16. The van der Waals surface area contributed by atoms with Gasteiger partial charge in [0.2, 0.25) is 0 Å². The van der Waals surface area contributed by atoms with E-state index in [1.807, 2.05) is 13.1 Å². The molecule has 1 nitrogen and oxygen atoms in total. The highest BCUT2D eigenvalue weighted by molar-refractivity contribution is 5.30. The molecule has 0 aliphatic heterocycles. The number of benzene rings is 1. The van der Waals surface area contributed by atoms with Gasteiger partial charge < -0.3 is 5.32 Å². The van der Waals surface area contributed by atoms with Crippen LogP contribution in [-0.2, 0) is 0 Å². The van der Waals surface area contributed by atoms with E-state index in [2.05, 4.69) is 12.2 Å². The van der Waals surface area contributed by atoms with Crippen LogP contribution < -0.4 is 5.32 Å². The van der Waals surface area contributed by atoms with Gasteiger partial charge in [0.15, 0.2) is 0 Å². The molecule has 0 heterocycles. The SMILES string of the molecule is CNC(c1cc(F)ccc1C)C1CCCC1. The summed E-state index contributed by atoms with van der Waals surface area (Å²) in [7, 11) is 1.98. The zero-order valence-electron chi connectivity index (χ0n) is 10.1. The third-order valence-corrected chi connectivity index (χ3v) is 3.76. The molecule has 0 spiro atoms. The van der Waals surface area contributed by atoms with Crippen LogP contribution >= 0.6 is 0 Å². The summed E-state index contributed by atoms with van der Waals surface area (Å²) in [6, 6.07) is 5.43. The molecule has 1 N–H and O–H groups in total. The van der Waals surface area contributed by atoms with Gasteiger partial charge in [0, 0.05) is 6.04 Å². The molecule has 0 saturated heterocycles. The monoisotopic (exact) mass is 221 g/mol. The van der Waals surface area contributed by atoms with Crippen LogP contribution in [0.5, 0.6) is 0 Å². The molecule has 16 heavy (non-hydrogen) atoms. The zero-order chi connectivity index (χ0) is 11.5. The fourth-order valence-corrected chi connectivity index (χ4v) is 2.88. The van der Waals surface area contributed by atoms with Gasteiger partial charge in [-0.15, -0.1) is 0 Å². The number of halogens is 1. The van der Waals surface area contributed by atoms with Gasteiger partial charge in [-0.2, -0.15) is 0 Å². The van der Waals surface area contributed by atoms with E-state index in [-0.39, 0.29) is 5.82 Å². The molecule has 1 aromatic rings. The van der Waals surface area contributed by atoms with Crippen molar-refractivity contribution in [2.75, 3.05) is 7.05 Å². The maximum Gasteiger partial charge on any atom is 0.123 e. The van der Waals surface area contributed by atoms with E-state index < -0.39 is 0 Å². The minimum absolute atomic E-state index is 0.126. The molecule has 0 radical (unpaired) electrons. The third kappa shape index (κ3) is 2.27. The minimum Gasteiger partial charge on any atom is -0.313 e. The Hall–Kier alpha value is -0.890. The molecular formula is C14H20FN. The Morgan fingerprint density at radius 3 is 2.62 bits per heavy atom. The van der Waals surface area contributed by atoms with Crippen LogP contribution in [0.2, 0.25) is 0 Å². The van der Waals surface area contributed by atoms with Crippen LogP contribution in [0.25, 0.3) is 0 Å². The van der Waals surface area contributed by atoms with Crippen molar-refractivity contribution in [1.82, 2.24) is 5.32 Å². The molecular weight excluding hydrogens is 201 g/mol. The maximum absolute atomic E-state index is 13.3. The highest BCUT2D eigenvalue weighted by atomic mass is 19.1. The molecule has 88 valence electrons. The number of rotatable bonds is 3. The average molecular weight is 221 g/mol. The van der Waals surface area contributed by atoms with Gasteiger partial charge in [-0.25, -0.2) is 4.39 Å². The van der Waals surface area contributed by atoms with Crippen LogP contribution in [0.3, 0.4) is 0 Å². The molecule has 0 amide bonds. The summed E-state index contributed by atoms with van der Waals surface area (Å²) in [4.78, 5) is 0. The Kier molecular flexibility index (Phi) is 3.59. The van der Waals surface area contributed by atoms with Crippen molar-refractivity contribution in [2.24, 2.45) is 5.92 Å². The van der Waals surface area contributed by atoms with Crippen molar-refractivity contribution in [3.05, 3.63) is 35.1 Å². The van der Waals surface area contributed by atoms with Crippen molar-refractivity contribution < 1.29 is 4.39 Å². The normalized spacial score (nSPS) is 18.9. The van der Waals surface area contributed by atoms with E-state index in [0.717, 1.165) is 5.56 Å². The standard InChI is InChI=1S/C14H20FN/c1-10-7-8-12(15)9-13(10)14(16-2)11-5-3-4-6-11/h7-9,11,14,16H,3-6H2,1-2H3. The quantitative estimate of drug-likeness (QED) is 0.822. The lowest BCUT2D eigenvalue weighted by Crippen LogP contribution is -2.24. The fourth-order valence-electron chi connectivity index (χ4n) is 2.88. The van der Waals surface area contributed by atoms with Gasteiger partial charge in [-0.1, -0.05) is 18.9 Å². The second-order valence-electron chi connectivity index (χ2n) is 4.81. The number of hydrogen-bond donors (Lipinski definition) is 1. The summed E-state index contributed by atoms with van der Waals surface area (Å²) in [5.74, 6) is 0.546. The van der Waals surface area contributed by atoms with E-state index in [9.17, 15) is 4.39 Å². The van der Waals surface area contributed by atoms with Crippen LogP contribution in [0, 0.1) is 18.7 Å². The first kappa shape index (κ1) is 11.6. The lowest BCUT2D eigenvalue weighted by Gasteiger charge is -2.25. The molecule has 0 aromatic heterocycles. The first-order valence-electron chi connectivity index (χ1n) is 6.15. The highest BCUT2D eigenvalue weighted by Crippen LogP contribution is 2.36. The van der Waals surface area contributed by atoms with Crippen LogP contribution in [0.15, 0.2) is 18.2 Å². The van der Waals surface area contributed by atoms with Crippen LogP contribution in [0.1, 0.15) is 42.9 Å². The molecule has 1 atom stereocenters. The Balaban J connectivity index is 2.28. The van der Waals surface area contributed by atoms with E-state index in [0.29, 0.717) is 12.0 Å². The second-order valence-corrected chi connectivity index (χ2v) is 4.81. The zero-order valence-corrected chi connectivity index (χ0v) is 10.1. The number of aryl methyl sites for hydroxylation is 1. The molecule has 2 heteroatoms. The minimum atomic E-state index is -0.126. The van der Waals surface area contributed by atoms with Gasteiger partial charge >= 0.3 is 0 Å². The molecule has 1 aromatic carbocycles. The first-order valence-corrected chi connectivity index (χ1v) is 6.15. The van der Waals surface area contributed by atoms with Crippen LogP contribution in [0.4, 0.5) is 4.39 Å². The predicted octanol–water partition coefficient (Wildman–Crippen LogP) is 3.58. The highest BCUT2D eigenvalue weighted by Gasteiger charge is 2.26. The Labute approximate surface area is 97.1 Å². The summed E-state index contributed by atoms with van der Waals surface area (Å²) >= 11 is 0. The Morgan fingerprint density at radius 2 is 2.00 bits per heavy atom. The summed E-state index contributed by atoms with van der Waals surface area (Å²) in [5.41, 5.74) is 2.32. The van der Waals surface area contributed by atoms with Crippen molar-refractivity contribution in [2.45, 2.75) is 38.6 Å². The summed E-state index contributed by atoms with van der Waals surface area (Å²) in [6.45, 7) is 2.06. The van der Waals surface area contributed by atoms with E-state index in [4.69, 9.17) is 0 Å². The van der Waals surface area contributed by atoms with E-state index in [1.165, 1.54) is 31.2 Å². The lowest BCUT2D eigenvalue weighted by molar-refractivity contribution is 0.387. The van der Waals surface area contributed by atoms with Crippen molar-refractivity contribution in [1.29, 1.82) is 0 Å². The van der Waals surface area contributed by atoms with Gasteiger partial charge in [-0.3, -0.25) is 0 Å². The van der Waals surface area contributed by atoms with E-state index >= 15 is 0 Å². The lowest BCUT2D eigenvalue weighted by atomic mass is 9.89. The van der Waals surface area contributed by atoms with Gasteiger partial charge in [0.25, 0.3) is 0 Å².